The molecule has 0 bridgehead atoms. The van der Waals surface area contributed by atoms with Crippen LogP contribution >= 0.6 is 0 Å². The highest BCUT2D eigenvalue weighted by molar-refractivity contribution is 5.98. The highest BCUT2D eigenvalue weighted by Gasteiger charge is 2.16. The number of nitrogen functional groups attached to an aromatic ring is 2. The summed E-state index contributed by atoms with van der Waals surface area (Å²) in [7, 11) is 0. The molecule has 0 aliphatic heterocycles. The Labute approximate surface area is 123 Å². The number of benzene rings is 3. The van der Waals surface area contributed by atoms with Crippen molar-refractivity contribution in [3.05, 3.63) is 66.7 Å². The van der Waals surface area contributed by atoms with E-state index in [2.05, 4.69) is 0 Å². The first kappa shape index (κ1) is 13.1. The molecule has 0 radical (unpaired) electrons. The number of phenols is 1. The van der Waals surface area contributed by atoms with Crippen molar-refractivity contribution in [3.63, 3.8) is 0 Å². The number of hydrogen-bond donors (Lipinski definition) is 3. The maximum Gasteiger partial charge on any atom is 0.141 e. The van der Waals surface area contributed by atoms with Crippen molar-refractivity contribution in [2.75, 3.05) is 11.5 Å². The third-order valence-corrected chi connectivity index (χ3v) is 3.53. The summed E-state index contributed by atoms with van der Waals surface area (Å²) in [5.74, 6) is 0.00559. The molecule has 21 heavy (non-hydrogen) atoms. The van der Waals surface area contributed by atoms with E-state index < -0.39 is 0 Å². The van der Waals surface area contributed by atoms with Crippen LogP contribution in [0.2, 0.25) is 0 Å². The van der Waals surface area contributed by atoms with Gasteiger partial charge in [0.05, 0.1) is 11.4 Å². The zero-order valence-electron chi connectivity index (χ0n) is 11.5. The molecule has 104 valence electrons. The van der Waals surface area contributed by atoms with Crippen LogP contribution in [0.25, 0.3) is 22.3 Å². The maximum atomic E-state index is 10.0. The summed E-state index contributed by atoms with van der Waals surface area (Å²) >= 11 is 0. The molecule has 0 aliphatic carbocycles. The first-order valence-corrected chi connectivity index (χ1v) is 6.70. The Morgan fingerprint density at radius 2 is 1.19 bits per heavy atom. The lowest BCUT2D eigenvalue weighted by Crippen LogP contribution is -2.00. The van der Waals surface area contributed by atoms with E-state index in [0.29, 0.717) is 5.69 Å². The topological polar surface area (TPSA) is 72.3 Å². The fourth-order valence-corrected chi connectivity index (χ4v) is 2.47. The molecule has 0 amide bonds. The molecule has 3 aromatic carbocycles. The van der Waals surface area contributed by atoms with E-state index in [-0.39, 0.29) is 11.4 Å². The number of aromatic hydroxyl groups is 1. The van der Waals surface area contributed by atoms with Gasteiger partial charge < -0.3 is 16.6 Å². The van der Waals surface area contributed by atoms with Crippen LogP contribution in [-0.4, -0.2) is 5.11 Å². The fourth-order valence-electron chi connectivity index (χ4n) is 2.47. The molecular weight excluding hydrogens is 260 g/mol. The van der Waals surface area contributed by atoms with E-state index in [9.17, 15) is 5.11 Å². The minimum Gasteiger partial charge on any atom is -0.506 e. The summed E-state index contributed by atoms with van der Waals surface area (Å²) in [4.78, 5) is 0. The second kappa shape index (κ2) is 5.21. The van der Waals surface area contributed by atoms with Crippen LogP contribution in [0.4, 0.5) is 11.4 Å². The minimum absolute atomic E-state index is 0.00559. The van der Waals surface area contributed by atoms with Gasteiger partial charge in [-0.1, -0.05) is 60.7 Å². The minimum atomic E-state index is 0.00559. The Bertz CT molecular complexity index is 768. The summed E-state index contributed by atoms with van der Waals surface area (Å²) in [6, 6.07) is 21.3. The standard InChI is InChI=1S/C18H16N2O/c19-17-15(21)11-14(12-7-3-1-4-8-12)16(18(17)20)13-9-5-2-6-10-13/h1-11,21H,19-20H2. The normalized spacial score (nSPS) is 10.5. The van der Waals surface area contributed by atoms with Gasteiger partial charge in [0.15, 0.2) is 0 Å². The van der Waals surface area contributed by atoms with Gasteiger partial charge in [-0.25, -0.2) is 0 Å². The molecule has 3 aromatic rings. The SMILES string of the molecule is Nc1c(O)cc(-c2ccccc2)c(-c2ccccc2)c1N. The quantitative estimate of drug-likeness (QED) is 0.491. The lowest BCUT2D eigenvalue weighted by atomic mass is 9.92. The average Bonchev–Trinajstić information content (AvgIpc) is 2.54. The molecule has 3 rings (SSSR count). The lowest BCUT2D eigenvalue weighted by Gasteiger charge is -2.16. The van der Waals surface area contributed by atoms with Gasteiger partial charge in [0.1, 0.15) is 5.75 Å². The monoisotopic (exact) mass is 276 g/mol. The Hall–Kier alpha value is -2.94. The zero-order chi connectivity index (χ0) is 14.8. The van der Waals surface area contributed by atoms with E-state index in [0.717, 1.165) is 22.3 Å². The molecule has 0 saturated carbocycles. The van der Waals surface area contributed by atoms with Crippen molar-refractivity contribution in [3.8, 4) is 28.0 Å². The summed E-state index contributed by atoms with van der Waals surface area (Å²) in [6.45, 7) is 0. The lowest BCUT2D eigenvalue weighted by molar-refractivity contribution is 0.478. The number of nitrogens with two attached hydrogens (primary N) is 2. The third kappa shape index (κ3) is 2.30. The van der Waals surface area contributed by atoms with E-state index in [4.69, 9.17) is 11.5 Å². The highest BCUT2D eigenvalue weighted by atomic mass is 16.3. The summed E-state index contributed by atoms with van der Waals surface area (Å²) in [5, 5.41) is 10.0. The molecule has 5 N–H and O–H groups in total. The van der Waals surface area contributed by atoms with Crippen molar-refractivity contribution in [2.45, 2.75) is 0 Å². The molecule has 0 aromatic heterocycles. The second-order valence-electron chi connectivity index (χ2n) is 4.88. The van der Waals surface area contributed by atoms with Gasteiger partial charge in [0, 0.05) is 5.56 Å². The largest absolute Gasteiger partial charge is 0.506 e. The van der Waals surface area contributed by atoms with Crippen LogP contribution in [0.15, 0.2) is 66.7 Å². The van der Waals surface area contributed by atoms with Gasteiger partial charge >= 0.3 is 0 Å². The summed E-state index contributed by atoms with van der Waals surface area (Å²) < 4.78 is 0. The van der Waals surface area contributed by atoms with Crippen LogP contribution < -0.4 is 11.5 Å². The van der Waals surface area contributed by atoms with Crippen molar-refractivity contribution in [1.29, 1.82) is 0 Å². The third-order valence-electron chi connectivity index (χ3n) is 3.53. The van der Waals surface area contributed by atoms with E-state index in [1.165, 1.54) is 0 Å². The Balaban J connectivity index is 2.34. The smallest absolute Gasteiger partial charge is 0.141 e. The molecule has 0 spiro atoms. The second-order valence-corrected chi connectivity index (χ2v) is 4.88. The molecule has 0 heterocycles. The van der Waals surface area contributed by atoms with Crippen molar-refractivity contribution < 1.29 is 5.11 Å². The van der Waals surface area contributed by atoms with Crippen LogP contribution in [0.1, 0.15) is 0 Å². The Kier molecular flexibility index (Phi) is 3.24. The molecule has 0 saturated heterocycles. The zero-order valence-corrected chi connectivity index (χ0v) is 11.5. The van der Waals surface area contributed by atoms with Gasteiger partial charge in [-0.2, -0.15) is 0 Å². The number of rotatable bonds is 2. The van der Waals surface area contributed by atoms with Crippen LogP contribution in [0.3, 0.4) is 0 Å². The Morgan fingerprint density at radius 3 is 1.76 bits per heavy atom. The van der Waals surface area contributed by atoms with Crippen LogP contribution in [0.5, 0.6) is 5.75 Å². The van der Waals surface area contributed by atoms with Gasteiger partial charge in [-0.3, -0.25) is 0 Å². The van der Waals surface area contributed by atoms with E-state index >= 15 is 0 Å². The van der Waals surface area contributed by atoms with Crippen LogP contribution in [-0.2, 0) is 0 Å². The van der Waals surface area contributed by atoms with Crippen molar-refractivity contribution in [2.24, 2.45) is 0 Å². The fraction of sp³-hybridized carbons (Fsp3) is 0. The molecular formula is C18H16N2O. The maximum absolute atomic E-state index is 10.0. The predicted molar refractivity (Wildman–Crippen MR) is 87.8 cm³/mol. The molecule has 0 atom stereocenters. The molecule has 3 heteroatoms. The van der Waals surface area contributed by atoms with E-state index in [1.54, 1.807) is 6.07 Å². The Morgan fingerprint density at radius 1 is 0.667 bits per heavy atom. The van der Waals surface area contributed by atoms with Crippen LogP contribution in [0, 0.1) is 0 Å². The van der Waals surface area contributed by atoms with E-state index in [1.807, 2.05) is 60.7 Å². The summed E-state index contributed by atoms with van der Waals surface area (Å²) in [6.07, 6.45) is 0. The van der Waals surface area contributed by atoms with Crippen molar-refractivity contribution in [1.82, 2.24) is 0 Å². The average molecular weight is 276 g/mol. The molecule has 0 aliphatic rings. The van der Waals surface area contributed by atoms with Gasteiger partial charge in [-0.05, 0) is 22.8 Å². The first-order chi connectivity index (χ1) is 10.2. The highest BCUT2D eigenvalue weighted by Crippen LogP contribution is 2.43. The van der Waals surface area contributed by atoms with Gasteiger partial charge in [-0.15, -0.1) is 0 Å². The van der Waals surface area contributed by atoms with Gasteiger partial charge in [0.2, 0.25) is 0 Å². The number of phenolic OH excluding ortho intramolecular Hbond substituents is 1. The molecule has 0 fully saturated rings. The number of anilines is 2. The molecule has 0 unspecified atom stereocenters. The first-order valence-electron chi connectivity index (χ1n) is 6.70. The summed E-state index contributed by atoms with van der Waals surface area (Å²) in [5.41, 5.74) is 16.3. The van der Waals surface area contributed by atoms with Crippen molar-refractivity contribution >= 4 is 11.4 Å². The number of hydrogen-bond acceptors (Lipinski definition) is 3. The van der Waals surface area contributed by atoms with Gasteiger partial charge in [0.25, 0.3) is 0 Å². The predicted octanol–water partition coefficient (Wildman–Crippen LogP) is 3.89. The molecule has 3 nitrogen and oxygen atoms in total.